The molecule has 1 fully saturated rings. The molecule has 2 rings (SSSR count). The van der Waals surface area contributed by atoms with E-state index < -0.39 is 11.9 Å². The van der Waals surface area contributed by atoms with Gasteiger partial charge in [0.2, 0.25) is 11.8 Å². The predicted molar refractivity (Wildman–Crippen MR) is 75.8 cm³/mol. The van der Waals surface area contributed by atoms with Crippen molar-refractivity contribution in [3.05, 3.63) is 29.8 Å². The van der Waals surface area contributed by atoms with Crippen LogP contribution in [0.1, 0.15) is 18.4 Å². The Kier molecular flexibility index (Phi) is 4.47. The fourth-order valence-corrected chi connectivity index (χ4v) is 3.01. The van der Waals surface area contributed by atoms with Crippen LogP contribution in [0.25, 0.3) is 0 Å². The average molecular weight is 278 g/mol. The number of hydrogen-bond acceptors (Lipinski definition) is 3. The summed E-state index contributed by atoms with van der Waals surface area (Å²) in [5.41, 5.74) is 6.51. The van der Waals surface area contributed by atoms with Gasteiger partial charge in [-0.1, -0.05) is 17.7 Å². The summed E-state index contributed by atoms with van der Waals surface area (Å²) in [7, 11) is 0. The van der Waals surface area contributed by atoms with E-state index in [1.165, 1.54) is 17.3 Å². The van der Waals surface area contributed by atoms with Crippen LogP contribution in [0.4, 0.5) is 0 Å². The molecular formula is C14H18N2O2S. The SMILES string of the molecule is Cc1ccc(SCC(=O)N2CCC[C@@H]2C(N)=O)cc1. The van der Waals surface area contributed by atoms with E-state index in [1.807, 2.05) is 31.2 Å². The van der Waals surface area contributed by atoms with Gasteiger partial charge in [0, 0.05) is 11.4 Å². The van der Waals surface area contributed by atoms with E-state index in [0.717, 1.165) is 11.3 Å². The van der Waals surface area contributed by atoms with Gasteiger partial charge in [-0.3, -0.25) is 9.59 Å². The molecule has 0 radical (unpaired) electrons. The summed E-state index contributed by atoms with van der Waals surface area (Å²) in [5.74, 6) is -0.0506. The Hall–Kier alpha value is -1.49. The number of benzene rings is 1. The molecule has 102 valence electrons. The van der Waals surface area contributed by atoms with Crippen molar-refractivity contribution < 1.29 is 9.59 Å². The largest absolute Gasteiger partial charge is 0.368 e. The third kappa shape index (κ3) is 3.50. The number of amides is 2. The van der Waals surface area contributed by atoms with Crippen LogP contribution in [0.3, 0.4) is 0 Å². The standard InChI is InChI=1S/C14H18N2O2S/c1-10-4-6-11(7-5-10)19-9-13(17)16-8-2-3-12(16)14(15)18/h4-7,12H,2-3,8-9H2,1H3,(H2,15,18)/t12-/m1/s1. The Morgan fingerprint density at radius 2 is 2.05 bits per heavy atom. The lowest BCUT2D eigenvalue weighted by Crippen LogP contribution is -2.44. The highest BCUT2D eigenvalue weighted by Gasteiger charge is 2.32. The Morgan fingerprint density at radius 1 is 1.37 bits per heavy atom. The first kappa shape index (κ1) is 13.9. The Bertz CT molecular complexity index is 473. The zero-order valence-corrected chi connectivity index (χ0v) is 11.8. The topological polar surface area (TPSA) is 63.4 Å². The first-order chi connectivity index (χ1) is 9.08. The smallest absolute Gasteiger partial charge is 0.240 e. The summed E-state index contributed by atoms with van der Waals surface area (Å²) < 4.78 is 0. The van der Waals surface area contributed by atoms with Gasteiger partial charge in [0.25, 0.3) is 0 Å². The highest BCUT2D eigenvalue weighted by atomic mass is 32.2. The normalized spacial score (nSPS) is 18.6. The second-order valence-corrected chi connectivity index (χ2v) is 5.80. The molecule has 1 saturated heterocycles. The van der Waals surface area contributed by atoms with Crippen molar-refractivity contribution in [1.82, 2.24) is 4.90 Å². The first-order valence-corrected chi connectivity index (χ1v) is 7.35. The van der Waals surface area contributed by atoms with Crippen molar-refractivity contribution >= 4 is 23.6 Å². The van der Waals surface area contributed by atoms with Crippen LogP contribution >= 0.6 is 11.8 Å². The van der Waals surface area contributed by atoms with Crippen LogP contribution in [-0.2, 0) is 9.59 Å². The van der Waals surface area contributed by atoms with Crippen LogP contribution in [0.2, 0.25) is 0 Å². The van der Waals surface area contributed by atoms with Crippen LogP contribution < -0.4 is 5.73 Å². The molecule has 0 unspecified atom stereocenters. The van der Waals surface area contributed by atoms with Gasteiger partial charge in [0.1, 0.15) is 6.04 Å². The predicted octanol–water partition coefficient (Wildman–Crippen LogP) is 1.56. The minimum absolute atomic E-state index is 0.00752. The second kappa shape index (κ2) is 6.10. The van der Waals surface area contributed by atoms with E-state index in [-0.39, 0.29) is 5.91 Å². The van der Waals surface area contributed by atoms with Gasteiger partial charge in [0.15, 0.2) is 0 Å². The van der Waals surface area contributed by atoms with Crippen molar-refractivity contribution in [2.24, 2.45) is 5.73 Å². The maximum atomic E-state index is 12.1. The number of hydrogen-bond donors (Lipinski definition) is 1. The minimum atomic E-state index is -0.411. The highest BCUT2D eigenvalue weighted by molar-refractivity contribution is 8.00. The lowest BCUT2D eigenvalue weighted by Gasteiger charge is -2.21. The molecule has 0 spiro atoms. The summed E-state index contributed by atoms with van der Waals surface area (Å²) in [6.45, 7) is 2.67. The molecule has 1 aliphatic rings. The number of aryl methyl sites for hydroxylation is 1. The van der Waals surface area contributed by atoms with E-state index in [1.54, 1.807) is 4.90 Å². The third-order valence-electron chi connectivity index (χ3n) is 3.28. The van der Waals surface area contributed by atoms with Gasteiger partial charge in [-0.25, -0.2) is 0 Å². The number of carbonyl (C=O) groups is 2. The number of likely N-dealkylation sites (tertiary alicyclic amines) is 1. The van der Waals surface area contributed by atoms with Gasteiger partial charge in [-0.2, -0.15) is 0 Å². The van der Waals surface area contributed by atoms with Crippen LogP contribution in [0, 0.1) is 6.92 Å². The Morgan fingerprint density at radius 3 is 2.68 bits per heavy atom. The molecule has 1 aromatic rings. The van der Waals surface area contributed by atoms with E-state index in [4.69, 9.17) is 5.73 Å². The number of primary amides is 1. The molecule has 1 aromatic carbocycles. The maximum absolute atomic E-state index is 12.1. The van der Waals surface area contributed by atoms with Crippen LogP contribution in [0.15, 0.2) is 29.2 Å². The molecular weight excluding hydrogens is 260 g/mol. The van der Waals surface area contributed by atoms with E-state index in [0.29, 0.717) is 18.7 Å². The Labute approximate surface area is 117 Å². The molecule has 1 heterocycles. The first-order valence-electron chi connectivity index (χ1n) is 6.36. The van der Waals surface area contributed by atoms with Gasteiger partial charge in [-0.05, 0) is 31.9 Å². The van der Waals surface area contributed by atoms with Crippen molar-refractivity contribution in [2.45, 2.75) is 30.7 Å². The molecule has 0 bridgehead atoms. The fraction of sp³-hybridized carbons (Fsp3) is 0.429. The van der Waals surface area contributed by atoms with E-state index in [9.17, 15) is 9.59 Å². The number of thioether (sulfide) groups is 1. The zero-order valence-electron chi connectivity index (χ0n) is 11.0. The molecule has 0 aromatic heterocycles. The molecule has 0 aliphatic carbocycles. The molecule has 1 aliphatic heterocycles. The van der Waals surface area contributed by atoms with Crippen molar-refractivity contribution in [1.29, 1.82) is 0 Å². The molecule has 5 heteroatoms. The summed E-state index contributed by atoms with van der Waals surface area (Å²) in [5, 5.41) is 0. The summed E-state index contributed by atoms with van der Waals surface area (Å²) in [6.07, 6.45) is 1.55. The monoisotopic (exact) mass is 278 g/mol. The Balaban J connectivity index is 1.90. The molecule has 0 saturated carbocycles. The zero-order chi connectivity index (χ0) is 13.8. The molecule has 2 N–H and O–H groups in total. The molecule has 2 amide bonds. The fourth-order valence-electron chi connectivity index (χ4n) is 2.22. The lowest BCUT2D eigenvalue weighted by atomic mass is 10.2. The van der Waals surface area contributed by atoms with Gasteiger partial charge in [-0.15, -0.1) is 11.8 Å². The van der Waals surface area contributed by atoms with Crippen LogP contribution in [-0.4, -0.2) is 35.1 Å². The average Bonchev–Trinajstić information content (AvgIpc) is 2.87. The van der Waals surface area contributed by atoms with Crippen molar-refractivity contribution in [3.63, 3.8) is 0 Å². The number of nitrogens with two attached hydrogens (primary N) is 1. The lowest BCUT2D eigenvalue weighted by molar-refractivity contribution is -0.135. The highest BCUT2D eigenvalue weighted by Crippen LogP contribution is 2.22. The van der Waals surface area contributed by atoms with Crippen molar-refractivity contribution in [3.8, 4) is 0 Å². The number of carbonyl (C=O) groups excluding carboxylic acids is 2. The molecule has 19 heavy (non-hydrogen) atoms. The van der Waals surface area contributed by atoms with E-state index in [2.05, 4.69) is 0 Å². The minimum Gasteiger partial charge on any atom is -0.368 e. The van der Waals surface area contributed by atoms with Gasteiger partial charge in [0.05, 0.1) is 5.75 Å². The summed E-state index contributed by atoms with van der Waals surface area (Å²) >= 11 is 1.49. The summed E-state index contributed by atoms with van der Waals surface area (Å²) in [4.78, 5) is 26.0. The van der Waals surface area contributed by atoms with Gasteiger partial charge >= 0.3 is 0 Å². The maximum Gasteiger partial charge on any atom is 0.240 e. The third-order valence-corrected chi connectivity index (χ3v) is 4.28. The summed E-state index contributed by atoms with van der Waals surface area (Å²) in [6, 6.07) is 7.64. The molecule has 1 atom stereocenters. The van der Waals surface area contributed by atoms with Crippen LogP contribution in [0.5, 0.6) is 0 Å². The van der Waals surface area contributed by atoms with E-state index >= 15 is 0 Å². The molecule has 4 nitrogen and oxygen atoms in total. The van der Waals surface area contributed by atoms with Gasteiger partial charge < -0.3 is 10.6 Å². The van der Waals surface area contributed by atoms with Crippen molar-refractivity contribution in [2.75, 3.05) is 12.3 Å². The number of rotatable bonds is 4. The number of nitrogens with zero attached hydrogens (tertiary/aromatic N) is 1. The quantitative estimate of drug-likeness (QED) is 0.850. The second-order valence-electron chi connectivity index (χ2n) is 4.75.